The molecular weight excluding hydrogens is 588 g/mol. The monoisotopic (exact) mass is 642 g/mol. The second-order valence-electron chi connectivity index (χ2n) is 15.5. The molecule has 9 unspecified atom stereocenters. The van der Waals surface area contributed by atoms with E-state index in [1.165, 1.54) is 11.8 Å². The Kier molecular flexibility index (Phi) is 8.97. The molecule has 8 rings (SSSR count). The first-order valence-corrected chi connectivity index (χ1v) is 18.2. The summed E-state index contributed by atoms with van der Waals surface area (Å²) in [5, 5.41) is 55.3. The highest BCUT2D eigenvalue weighted by molar-refractivity contribution is 5.81. The fourth-order valence-electron chi connectivity index (χ4n) is 11.1. The van der Waals surface area contributed by atoms with Crippen molar-refractivity contribution in [1.29, 1.82) is 0 Å². The molecule has 5 fully saturated rings. The molecule has 9 atom stereocenters. The standard InChI is InChI=1S/C39H54N4O4/c1-25(20-30-21-26-10-6-7-14-33(26)42-30)37-17-8-13-29(43-36(40-2)41-18-9-19-44)24-38(46)34(45)22-32-35(38)31(37)16-15-28(23-37)39(32,47)27-11-4-3-5-12-27/h6-7,10,14,21,27-29,31-32,34-35,42,44-47H,1,3-5,9,11-12,15-20,22-24H2,2H3,(H2,40,41,43). The number of fused-ring (bicyclic) bond motifs is 2. The van der Waals surface area contributed by atoms with Crippen LogP contribution in [0.15, 0.2) is 47.5 Å². The van der Waals surface area contributed by atoms with E-state index in [0.29, 0.717) is 38.2 Å². The van der Waals surface area contributed by atoms with Crippen LogP contribution in [0.4, 0.5) is 0 Å². The summed E-state index contributed by atoms with van der Waals surface area (Å²) in [5.74, 6) is 7.46. The van der Waals surface area contributed by atoms with Crippen LogP contribution in [0.3, 0.4) is 0 Å². The van der Waals surface area contributed by atoms with Crippen LogP contribution in [0.25, 0.3) is 10.9 Å². The highest BCUT2D eigenvalue weighted by atomic mass is 16.3. The Labute approximate surface area is 279 Å². The van der Waals surface area contributed by atoms with E-state index < -0.39 is 28.8 Å². The molecule has 47 heavy (non-hydrogen) atoms. The van der Waals surface area contributed by atoms with Crippen molar-refractivity contribution in [3.05, 3.63) is 48.2 Å². The summed E-state index contributed by atoms with van der Waals surface area (Å²) in [6.07, 6.45) is 9.73. The van der Waals surface area contributed by atoms with Crippen molar-refractivity contribution in [3.63, 3.8) is 0 Å². The number of nitrogens with zero attached hydrogens (tertiary/aromatic N) is 1. The molecule has 254 valence electrons. The SMILES string of the molecule is C=C(Cc1cc2ccccc2[nH]1)C12CC#CC(NC(=NC)NCCCO)CC3(O)C(O)CC4C3C1CCC(C2)C4(O)C1CCCCC1. The highest BCUT2D eigenvalue weighted by Crippen LogP contribution is 2.69. The number of aromatic amines is 1. The third kappa shape index (κ3) is 5.52. The van der Waals surface area contributed by atoms with E-state index in [-0.39, 0.29) is 42.6 Å². The van der Waals surface area contributed by atoms with Crippen LogP contribution >= 0.6 is 0 Å². The lowest BCUT2D eigenvalue weighted by Crippen LogP contribution is -2.55. The maximum absolute atomic E-state index is 13.3. The summed E-state index contributed by atoms with van der Waals surface area (Å²) < 4.78 is 0. The van der Waals surface area contributed by atoms with Gasteiger partial charge in [-0.15, -0.1) is 5.92 Å². The lowest BCUT2D eigenvalue weighted by molar-refractivity contribution is -0.142. The third-order valence-electron chi connectivity index (χ3n) is 13.2. The van der Waals surface area contributed by atoms with E-state index in [4.69, 9.17) is 6.58 Å². The number of rotatable bonds is 8. The number of aliphatic hydroxyl groups excluding tert-OH is 2. The summed E-state index contributed by atoms with van der Waals surface area (Å²) in [6.45, 7) is 5.48. The normalized spacial score (nSPS) is 38.5. The molecule has 1 heterocycles. The number of benzene rings is 1. The van der Waals surface area contributed by atoms with Gasteiger partial charge < -0.3 is 36.0 Å². The van der Waals surface area contributed by atoms with Crippen LogP contribution in [-0.2, 0) is 6.42 Å². The van der Waals surface area contributed by atoms with Gasteiger partial charge in [-0.2, -0.15) is 0 Å². The topological polar surface area (TPSA) is 133 Å². The summed E-state index contributed by atoms with van der Waals surface area (Å²) >= 11 is 0. The summed E-state index contributed by atoms with van der Waals surface area (Å²) in [7, 11) is 1.70. The minimum absolute atomic E-state index is 0.0513. The van der Waals surface area contributed by atoms with E-state index >= 15 is 0 Å². The predicted molar refractivity (Wildman–Crippen MR) is 185 cm³/mol. The fraction of sp³-hybridized carbons (Fsp3) is 0.667. The molecule has 6 aliphatic carbocycles. The van der Waals surface area contributed by atoms with Gasteiger partial charge >= 0.3 is 0 Å². The highest BCUT2D eigenvalue weighted by Gasteiger charge is 2.71. The van der Waals surface area contributed by atoms with E-state index in [1.807, 2.05) is 6.07 Å². The van der Waals surface area contributed by atoms with Crippen LogP contribution in [0.1, 0.15) is 82.7 Å². The number of hydrogen-bond donors (Lipinski definition) is 7. The van der Waals surface area contributed by atoms with Gasteiger partial charge in [0.1, 0.15) is 0 Å². The van der Waals surface area contributed by atoms with Crippen molar-refractivity contribution in [3.8, 4) is 11.8 Å². The second kappa shape index (κ2) is 12.9. The maximum atomic E-state index is 13.3. The van der Waals surface area contributed by atoms with Crippen molar-refractivity contribution in [1.82, 2.24) is 15.6 Å². The minimum atomic E-state index is -1.43. The zero-order valence-corrected chi connectivity index (χ0v) is 28.0. The quantitative estimate of drug-likeness (QED) is 0.0749. The molecule has 7 N–H and O–H groups in total. The zero-order chi connectivity index (χ0) is 32.8. The first kappa shape index (κ1) is 32.7. The Bertz CT molecular complexity index is 1520. The molecule has 2 aromatic rings. The van der Waals surface area contributed by atoms with Gasteiger partial charge in [0.05, 0.1) is 23.3 Å². The van der Waals surface area contributed by atoms with Crippen LogP contribution in [0, 0.1) is 46.8 Å². The lowest BCUT2D eigenvalue weighted by atomic mass is 9.54. The van der Waals surface area contributed by atoms with Gasteiger partial charge in [0.25, 0.3) is 0 Å². The average Bonchev–Trinajstić information content (AvgIpc) is 3.55. The molecule has 1 aromatic heterocycles. The maximum Gasteiger partial charge on any atom is 0.191 e. The zero-order valence-electron chi connectivity index (χ0n) is 28.0. The van der Waals surface area contributed by atoms with Crippen molar-refractivity contribution in [2.75, 3.05) is 20.2 Å². The van der Waals surface area contributed by atoms with Crippen molar-refractivity contribution in [2.24, 2.45) is 40.0 Å². The number of nitrogens with one attached hydrogen (secondary N) is 3. The number of H-pyrrole nitrogens is 1. The molecule has 8 heteroatoms. The van der Waals surface area contributed by atoms with Gasteiger partial charge in [-0.05, 0) is 92.1 Å². The van der Waals surface area contributed by atoms with Gasteiger partial charge in [0.15, 0.2) is 5.96 Å². The summed E-state index contributed by atoms with van der Waals surface area (Å²) in [4.78, 5) is 8.01. The first-order chi connectivity index (χ1) is 22.7. The summed E-state index contributed by atoms with van der Waals surface area (Å²) in [6, 6.07) is 10.1. The number of aromatic nitrogens is 1. The van der Waals surface area contributed by atoms with Crippen LogP contribution in [-0.4, -0.2) is 74.9 Å². The number of guanidine groups is 1. The first-order valence-electron chi connectivity index (χ1n) is 18.2. The minimum Gasteiger partial charge on any atom is -0.396 e. The van der Waals surface area contributed by atoms with Gasteiger partial charge in [-0.25, -0.2) is 0 Å². The van der Waals surface area contributed by atoms with Crippen molar-refractivity contribution >= 4 is 16.9 Å². The Balaban J connectivity index is 1.32. The van der Waals surface area contributed by atoms with Crippen molar-refractivity contribution in [2.45, 2.75) is 107 Å². The molecule has 0 amide bonds. The largest absolute Gasteiger partial charge is 0.396 e. The molecule has 6 aliphatic rings. The molecule has 0 aliphatic heterocycles. The van der Waals surface area contributed by atoms with E-state index in [9.17, 15) is 20.4 Å². The molecule has 8 nitrogen and oxygen atoms in total. The van der Waals surface area contributed by atoms with Gasteiger partial charge in [-0.1, -0.05) is 55.5 Å². The van der Waals surface area contributed by atoms with E-state index in [2.05, 4.69) is 56.7 Å². The van der Waals surface area contributed by atoms with Gasteiger partial charge in [-0.3, -0.25) is 4.99 Å². The molecule has 0 radical (unpaired) electrons. The average molecular weight is 643 g/mol. The summed E-state index contributed by atoms with van der Waals surface area (Å²) in [5.41, 5.74) is 0.590. The van der Waals surface area contributed by atoms with E-state index in [1.54, 1.807) is 7.05 Å². The molecule has 0 saturated heterocycles. The van der Waals surface area contributed by atoms with Crippen molar-refractivity contribution < 1.29 is 20.4 Å². The Morgan fingerprint density at radius 1 is 1.06 bits per heavy atom. The number of aliphatic imine (C=N–C) groups is 1. The number of aliphatic hydroxyl groups is 4. The Hall–Kier alpha value is -2.83. The van der Waals surface area contributed by atoms with Gasteiger partial charge in [0, 0.05) is 56.1 Å². The molecular formula is C39H54N4O4. The van der Waals surface area contributed by atoms with E-state index in [0.717, 1.165) is 61.7 Å². The third-order valence-corrected chi connectivity index (χ3v) is 13.2. The van der Waals surface area contributed by atoms with Crippen LogP contribution in [0.5, 0.6) is 0 Å². The Morgan fingerprint density at radius 2 is 1.87 bits per heavy atom. The molecule has 1 aromatic carbocycles. The predicted octanol–water partition coefficient (Wildman–Crippen LogP) is 4.44. The molecule has 0 spiro atoms. The molecule has 5 saturated carbocycles. The lowest BCUT2D eigenvalue weighted by Gasteiger charge is -2.51. The van der Waals surface area contributed by atoms with Gasteiger partial charge in [0.2, 0.25) is 0 Å². The smallest absolute Gasteiger partial charge is 0.191 e. The second-order valence-corrected chi connectivity index (χ2v) is 15.5. The number of allylic oxidation sites excluding steroid dienone is 1. The molecule has 4 bridgehead atoms. The Morgan fingerprint density at radius 3 is 2.64 bits per heavy atom. The number of para-hydroxylation sites is 1. The fourth-order valence-corrected chi connectivity index (χ4v) is 11.1. The van der Waals surface area contributed by atoms with Crippen LogP contribution in [0.2, 0.25) is 0 Å². The number of hydrogen-bond acceptors (Lipinski definition) is 5. The van der Waals surface area contributed by atoms with Crippen LogP contribution < -0.4 is 10.6 Å².